The molecule has 0 aliphatic carbocycles. The Kier molecular flexibility index (Phi) is 6.03. The highest BCUT2D eigenvalue weighted by atomic mass is 35.5. The summed E-state index contributed by atoms with van der Waals surface area (Å²) in [5.41, 5.74) is 6.89. The Morgan fingerprint density at radius 2 is 2.21 bits per heavy atom. The third-order valence-electron chi connectivity index (χ3n) is 4.54. The molecule has 0 bridgehead atoms. The van der Waals surface area contributed by atoms with E-state index in [9.17, 15) is 17.6 Å². The molecule has 0 spiro atoms. The second-order valence-corrected chi connectivity index (χ2v) is 9.11. The zero-order valence-electron chi connectivity index (χ0n) is 15.8. The van der Waals surface area contributed by atoms with Crippen LogP contribution in [0.1, 0.15) is 12.6 Å². The first-order valence-corrected chi connectivity index (χ1v) is 10.4. The number of rotatable bonds is 6. The fourth-order valence-electron chi connectivity index (χ4n) is 3.10. The Morgan fingerprint density at radius 3 is 2.79 bits per heavy atom. The number of amides is 1. The van der Waals surface area contributed by atoms with Crippen molar-refractivity contribution in [3.05, 3.63) is 41.1 Å². The summed E-state index contributed by atoms with van der Waals surface area (Å²) in [6, 6.07) is 2.75. The van der Waals surface area contributed by atoms with Gasteiger partial charge in [0.25, 0.3) is 10.2 Å². The molecule has 2 aromatic heterocycles. The molecule has 1 atom stereocenters. The normalized spacial score (nSPS) is 18.1. The molecule has 1 amide bonds. The van der Waals surface area contributed by atoms with Gasteiger partial charge in [0.2, 0.25) is 5.91 Å². The van der Waals surface area contributed by atoms with Gasteiger partial charge >= 0.3 is 0 Å². The number of carbonyl (C=O) groups excluding carboxylic acids is 1. The number of nitrogens with one attached hydrogen (secondary N) is 1. The zero-order valence-corrected chi connectivity index (χ0v) is 17.3. The maximum absolute atomic E-state index is 13.1. The molecule has 2 aromatic rings. The van der Waals surface area contributed by atoms with Crippen molar-refractivity contribution in [2.75, 3.05) is 26.7 Å². The van der Waals surface area contributed by atoms with E-state index in [-0.39, 0.29) is 24.2 Å². The van der Waals surface area contributed by atoms with E-state index in [1.54, 1.807) is 6.08 Å². The van der Waals surface area contributed by atoms with Gasteiger partial charge in [0.1, 0.15) is 11.5 Å². The second kappa shape index (κ2) is 8.19. The molecule has 29 heavy (non-hydrogen) atoms. The molecule has 3 N–H and O–H groups in total. The van der Waals surface area contributed by atoms with Gasteiger partial charge in [-0.2, -0.15) is 17.0 Å². The first-order chi connectivity index (χ1) is 13.6. The van der Waals surface area contributed by atoms with Crippen molar-refractivity contribution in [2.24, 2.45) is 11.7 Å². The number of halogens is 2. The predicted octanol–water partition coefficient (Wildman–Crippen LogP) is 1.26. The van der Waals surface area contributed by atoms with Gasteiger partial charge in [0.15, 0.2) is 11.0 Å². The third kappa shape index (κ3) is 4.47. The minimum Gasteiger partial charge on any atom is -0.369 e. The van der Waals surface area contributed by atoms with Crippen LogP contribution >= 0.6 is 11.6 Å². The number of primary amides is 1. The lowest BCUT2D eigenvalue weighted by Gasteiger charge is -2.32. The lowest BCUT2D eigenvalue weighted by atomic mass is 9.95. The molecular formula is C17H20ClFN6O3S. The van der Waals surface area contributed by atoms with E-state index in [0.717, 1.165) is 16.1 Å². The molecule has 9 nitrogen and oxygen atoms in total. The SMILES string of the molecule is C[C@H]1CN(S(=O)(=O)N(C)CC(N)=O)CC=C1c1[nH]c(-c2ccc(F)cn2)nc1Cl. The number of nitrogens with zero attached hydrogens (tertiary/aromatic N) is 4. The summed E-state index contributed by atoms with van der Waals surface area (Å²) in [4.78, 5) is 22.4. The summed E-state index contributed by atoms with van der Waals surface area (Å²) in [6.45, 7) is 1.75. The van der Waals surface area contributed by atoms with Crippen LogP contribution in [0, 0.1) is 11.7 Å². The van der Waals surface area contributed by atoms with Gasteiger partial charge in [-0.3, -0.25) is 4.79 Å². The quantitative estimate of drug-likeness (QED) is 0.696. The van der Waals surface area contributed by atoms with Gasteiger partial charge in [0, 0.05) is 20.1 Å². The average molecular weight is 443 g/mol. The summed E-state index contributed by atoms with van der Waals surface area (Å²) in [5.74, 6) is -1.01. The highest BCUT2D eigenvalue weighted by molar-refractivity contribution is 7.86. The van der Waals surface area contributed by atoms with Crippen LogP contribution in [0.2, 0.25) is 5.15 Å². The molecule has 0 radical (unpaired) electrons. The number of H-pyrrole nitrogens is 1. The van der Waals surface area contributed by atoms with E-state index >= 15 is 0 Å². The maximum atomic E-state index is 13.1. The Labute approximate surface area is 172 Å². The Hall–Kier alpha value is -2.34. The van der Waals surface area contributed by atoms with Crippen LogP contribution in [0.15, 0.2) is 24.4 Å². The minimum absolute atomic E-state index is 0.102. The van der Waals surface area contributed by atoms with Crippen molar-refractivity contribution in [1.29, 1.82) is 0 Å². The van der Waals surface area contributed by atoms with Gasteiger partial charge in [-0.15, -0.1) is 0 Å². The summed E-state index contributed by atoms with van der Waals surface area (Å²) in [7, 11) is -2.53. The Morgan fingerprint density at radius 1 is 1.48 bits per heavy atom. The van der Waals surface area contributed by atoms with Crippen LogP contribution in [0.25, 0.3) is 17.1 Å². The fraction of sp³-hybridized carbons (Fsp3) is 0.353. The fourth-order valence-corrected chi connectivity index (χ4v) is 4.70. The van der Waals surface area contributed by atoms with Crippen LogP contribution in [-0.2, 0) is 15.0 Å². The van der Waals surface area contributed by atoms with Crippen molar-refractivity contribution >= 4 is 33.3 Å². The number of aromatic nitrogens is 3. The summed E-state index contributed by atoms with van der Waals surface area (Å²) < 4.78 is 40.5. The number of imidazole rings is 1. The Balaban J connectivity index is 1.85. The molecule has 12 heteroatoms. The molecule has 3 heterocycles. The van der Waals surface area contributed by atoms with Crippen LogP contribution in [0.3, 0.4) is 0 Å². The molecule has 1 aliphatic heterocycles. The molecule has 0 saturated heterocycles. The lowest BCUT2D eigenvalue weighted by Crippen LogP contribution is -2.47. The third-order valence-corrected chi connectivity index (χ3v) is 6.68. The first kappa shape index (κ1) is 21.4. The van der Waals surface area contributed by atoms with E-state index in [2.05, 4.69) is 15.0 Å². The number of carbonyl (C=O) groups is 1. The standard InChI is InChI=1S/C17H20ClFN6O3S/c1-10-8-25(29(27,28)24(2)9-14(20)26)6-5-12(10)15-16(18)23-17(22-15)13-4-3-11(19)7-21-13/h3-5,7,10H,6,8-9H2,1-2H3,(H2,20,26)(H,22,23)/t10-/m0/s1. The predicted molar refractivity (Wildman–Crippen MR) is 106 cm³/mol. The van der Waals surface area contributed by atoms with Crippen molar-refractivity contribution in [3.8, 4) is 11.5 Å². The summed E-state index contributed by atoms with van der Waals surface area (Å²) in [6.07, 6.45) is 2.82. The molecular weight excluding hydrogens is 423 g/mol. The van der Waals surface area contributed by atoms with Gasteiger partial charge in [0.05, 0.1) is 18.4 Å². The van der Waals surface area contributed by atoms with Gasteiger partial charge in [-0.25, -0.2) is 14.4 Å². The maximum Gasteiger partial charge on any atom is 0.282 e. The van der Waals surface area contributed by atoms with E-state index in [4.69, 9.17) is 17.3 Å². The van der Waals surface area contributed by atoms with Crippen molar-refractivity contribution < 1.29 is 17.6 Å². The molecule has 3 rings (SSSR count). The zero-order chi connectivity index (χ0) is 21.3. The van der Waals surface area contributed by atoms with Crippen LogP contribution < -0.4 is 5.73 Å². The Bertz CT molecular complexity index is 1050. The van der Waals surface area contributed by atoms with Crippen LogP contribution in [-0.4, -0.2) is 64.6 Å². The molecule has 0 saturated carbocycles. The smallest absolute Gasteiger partial charge is 0.282 e. The minimum atomic E-state index is -3.83. The summed E-state index contributed by atoms with van der Waals surface area (Å²) >= 11 is 6.28. The molecule has 156 valence electrons. The molecule has 0 fully saturated rings. The average Bonchev–Trinajstić information content (AvgIpc) is 3.03. The van der Waals surface area contributed by atoms with Gasteiger partial charge < -0.3 is 10.7 Å². The lowest BCUT2D eigenvalue weighted by molar-refractivity contribution is -0.118. The number of nitrogens with two attached hydrogens (primary N) is 1. The number of hydrogen-bond acceptors (Lipinski definition) is 5. The van der Waals surface area contributed by atoms with Gasteiger partial charge in [-0.1, -0.05) is 24.6 Å². The van der Waals surface area contributed by atoms with E-state index in [1.807, 2.05) is 6.92 Å². The highest BCUT2D eigenvalue weighted by Gasteiger charge is 2.33. The molecule has 0 unspecified atom stereocenters. The molecule has 1 aliphatic rings. The summed E-state index contributed by atoms with van der Waals surface area (Å²) in [5, 5.41) is 0.214. The van der Waals surface area contributed by atoms with Crippen molar-refractivity contribution in [3.63, 3.8) is 0 Å². The van der Waals surface area contributed by atoms with Crippen molar-refractivity contribution in [2.45, 2.75) is 6.92 Å². The van der Waals surface area contributed by atoms with Gasteiger partial charge in [-0.05, 0) is 23.6 Å². The largest absolute Gasteiger partial charge is 0.369 e. The van der Waals surface area contributed by atoms with Crippen molar-refractivity contribution in [1.82, 2.24) is 23.6 Å². The topological polar surface area (TPSA) is 125 Å². The highest BCUT2D eigenvalue weighted by Crippen LogP contribution is 2.33. The molecule has 0 aromatic carbocycles. The number of likely N-dealkylation sites (N-methyl/N-ethyl adjacent to an activating group) is 1. The van der Waals surface area contributed by atoms with E-state index in [0.29, 0.717) is 17.2 Å². The number of pyridine rings is 1. The first-order valence-electron chi connectivity index (χ1n) is 8.67. The number of hydrogen-bond donors (Lipinski definition) is 2. The number of aromatic amines is 1. The monoisotopic (exact) mass is 442 g/mol. The van der Waals surface area contributed by atoms with E-state index < -0.39 is 28.5 Å². The van der Waals surface area contributed by atoms with Crippen LogP contribution in [0.5, 0.6) is 0 Å². The second-order valence-electron chi connectivity index (χ2n) is 6.72. The van der Waals surface area contributed by atoms with Crippen LogP contribution in [0.4, 0.5) is 4.39 Å². The van der Waals surface area contributed by atoms with E-state index in [1.165, 1.54) is 23.5 Å².